The minimum Gasteiger partial charge on any atom is -0.493 e. The van der Waals surface area contributed by atoms with Gasteiger partial charge in [0.25, 0.3) is 5.91 Å². The fourth-order valence-corrected chi connectivity index (χ4v) is 8.01. The number of benzene rings is 4. The third-order valence-corrected chi connectivity index (χ3v) is 11.1. The molecule has 1 atom stereocenters. The fourth-order valence-electron chi connectivity index (χ4n) is 8.01. The number of halogens is 3. The van der Waals surface area contributed by atoms with E-state index in [1.807, 2.05) is 28.8 Å². The van der Waals surface area contributed by atoms with Gasteiger partial charge in [0.05, 0.1) is 32.4 Å². The normalized spacial score (nSPS) is 17.9. The Balaban J connectivity index is 1.06. The maximum atomic E-state index is 14.7. The van der Waals surface area contributed by atoms with Gasteiger partial charge in [0, 0.05) is 36.5 Å². The number of ether oxygens (including phenoxy) is 3. The SMILES string of the molecule is COc1cc(C(=O)N2CCC(CCN3CCC(C(=O)c4nc5ccccc5n4Cc4ccc(F)cc4)CC3)(c3ccc(F)c(F)c3)C2)cc(OC)c1OC. The molecule has 3 heterocycles. The van der Waals surface area contributed by atoms with Crippen LogP contribution in [0.1, 0.15) is 57.8 Å². The molecule has 9 nitrogen and oxygen atoms in total. The van der Waals surface area contributed by atoms with Crippen LogP contribution in [-0.4, -0.2) is 85.1 Å². The quantitative estimate of drug-likeness (QED) is 0.124. The van der Waals surface area contributed by atoms with Crippen LogP contribution in [0.3, 0.4) is 0 Å². The molecule has 0 bridgehead atoms. The van der Waals surface area contributed by atoms with Crippen molar-refractivity contribution in [2.45, 2.75) is 37.6 Å². The molecule has 4 aromatic carbocycles. The molecule has 282 valence electrons. The van der Waals surface area contributed by atoms with Gasteiger partial charge in [-0.15, -0.1) is 0 Å². The molecule has 2 aliphatic rings. The lowest BCUT2D eigenvalue weighted by Gasteiger charge is -2.36. The van der Waals surface area contributed by atoms with Crippen molar-refractivity contribution < 1.29 is 37.0 Å². The second-order valence-corrected chi connectivity index (χ2v) is 14.2. The van der Waals surface area contributed by atoms with Gasteiger partial charge >= 0.3 is 0 Å². The largest absolute Gasteiger partial charge is 0.493 e. The molecule has 2 saturated heterocycles. The number of rotatable bonds is 12. The predicted molar refractivity (Wildman–Crippen MR) is 198 cm³/mol. The van der Waals surface area contributed by atoms with Crippen LogP contribution in [0.2, 0.25) is 0 Å². The number of likely N-dealkylation sites (tertiary alicyclic amines) is 2. The van der Waals surface area contributed by atoms with E-state index in [4.69, 9.17) is 19.2 Å². The molecule has 2 fully saturated rings. The number of Topliss-reactive ketones (excluding diaryl/α,β-unsaturated/α-hetero) is 1. The number of piperidine rings is 1. The molecule has 0 spiro atoms. The van der Waals surface area contributed by atoms with E-state index in [2.05, 4.69) is 4.90 Å². The first-order chi connectivity index (χ1) is 26.1. The summed E-state index contributed by atoms with van der Waals surface area (Å²) >= 11 is 0. The van der Waals surface area contributed by atoms with E-state index < -0.39 is 17.0 Å². The number of hydrogen-bond acceptors (Lipinski definition) is 7. The van der Waals surface area contributed by atoms with Crippen LogP contribution in [-0.2, 0) is 12.0 Å². The highest BCUT2D eigenvalue weighted by Crippen LogP contribution is 2.42. The van der Waals surface area contributed by atoms with Gasteiger partial charge in [-0.3, -0.25) is 9.59 Å². The minimum absolute atomic E-state index is 0.0111. The number of carbonyl (C=O) groups is 2. The summed E-state index contributed by atoms with van der Waals surface area (Å²) in [7, 11) is 4.47. The van der Waals surface area contributed by atoms with Crippen LogP contribution in [0.5, 0.6) is 17.2 Å². The van der Waals surface area contributed by atoms with Crippen LogP contribution in [0.25, 0.3) is 11.0 Å². The number of amides is 1. The van der Waals surface area contributed by atoms with Gasteiger partial charge in [-0.25, -0.2) is 18.2 Å². The van der Waals surface area contributed by atoms with Gasteiger partial charge in [0.15, 0.2) is 29.0 Å². The number of ketones is 1. The maximum Gasteiger partial charge on any atom is 0.254 e. The van der Waals surface area contributed by atoms with Crippen molar-refractivity contribution in [1.82, 2.24) is 19.4 Å². The van der Waals surface area contributed by atoms with Crippen molar-refractivity contribution in [3.63, 3.8) is 0 Å². The number of aromatic nitrogens is 2. The number of carbonyl (C=O) groups excluding carboxylic acids is 2. The Bertz CT molecular complexity index is 2140. The first-order valence-electron chi connectivity index (χ1n) is 18.1. The predicted octanol–water partition coefficient (Wildman–Crippen LogP) is 7.30. The summed E-state index contributed by atoms with van der Waals surface area (Å²) in [5.41, 5.74) is 2.84. The summed E-state index contributed by atoms with van der Waals surface area (Å²) in [6, 6.07) is 21.2. The van der Waals surface area contributed by atoms with Gasteiger partial charge in [-0.2, -0.15) is 0 Å². The Morgan fingerprint density at radius 1 is 0.833 bits per heavy atom. The number of nitrogens with zero attached hydrogens (tertiary/aromatic N) is 4. The Labute approximate surface area is 312 Å². The van der Waals surface area contributed by atoms with Crippen molar-refractivity contribution in [3.05, 3.63) is 119 Å². The highest BCUT2D eigenvalue weighted by Gasteiger charge is 2.42. The van der Waals surface area contributed by atoms with Gasteiger partial charge in [-0.1, -0.05) is 30.3 Å². The van der Waals surface area contributed by atoms with Crippen LogP contribution >= 0.6 is 0 Å². The molecule has 12 heteroatoms. The van der Waals surface area contributed by atoms with E-state index in [1.54, 1.807) is 35.2 Å². The summed E-state index contributed by atoms with van der Waals surface area (Å²) in [6.07, 6.45) is 2.45. The van der Waals surface area contributed by atoms with Crippen molar-refractivity contribution in [2.75, 3.05) is 54.1 Å². The van der Waals surface area contributed by atoms with Crippen LogP contribution in [0, 0.1) is 23.4 Å². The summed E-state index contributed by atoms with van der Waals surface area (Å²) < 4.78 is 60.7. The Kier molecular flexibility index (Phi) is 10.6. The molecule has 7 rings (SSSR count). The molecule has 1 amide bonds. The Morgan fingerprint density at radius 3 is 2.20 bits per heavy atom. The Hall–Kier alpha value is -5.36. The molecule has 0 N–H and O–H groups in total. The molecule has 2 aliphatic heterocycles. The first kappa shape index (κ1) is 37.0. The average molecular weight is 741 g/mol. The van der Waals surface area contributed by atoms with Crippen molar-refractivity contribution in [2.24, 2.45) is 5.92 Å². The van der Waals surface area contributed by atoms with Crippen LogP contribution < -0.4 is 14.2 Å². The van der Waals surface area contributed by atoms with E-state index in [0.29, 0.717) is 99.2 Å². The van der Waals surface area contributed by atoms with Crippen molar-refractivity contribution in [1.29, 1.82) is 0 Å². The third kappa shape index (κ3) is 7.26. The third-order valence-electron chi connectivity index (χ3n) is 11.1. The number of fused-ring (bicyclic) bond motifs is 1. The first-order valence-corrected chi connectivity index (χ1v) is 18.1. The highest BCUT2D eigenvalue weighted by molar-refractivity contribution is 5.98. The molecule has 1 aromatic heterocycles. The monoisotopic (exact) mass is 740 g/mol. The summed E-state index contributed by atoms with van der Waals surface area (Å²) in [6.45, 7) is 3.13. The number of para-hydroxylation sites is 2. The lowest BCUT2D eigenvalue weighted by molar-refractivity contribution is 0.0777. The maximum absolute atomic E-state index is 14.7. The van der Waals surface area contributed by atoms with Crippen molar-refractivity contribution in [3.8, 4) is 17.2 Å². The topological polar surface area (TPSA) is 86.1 Å². The molecule has 0 saturated carbocycles. The number of methoxy groups -OCH3 is 3. The van der Waals surface area contributed by atoms with Gasteiger partial charge in [0.1, 0.15) is 5.82 Å². The molecule has 5 aromatic rings. The van der Waals surface area contributed by atoms with Gasteiger partial charge in [0.2, 0.25) is 11.5 Å². The van der Waals surface area contributed by atoms with E-state index in [-0.39, 0.29) is 23.4 Å². The minimum atomic E-state index is -0.925. The van der Waals surface area contributed by atoms with Gasteiger partial charge in [-0.05, 0) is 105 Å². The lowest BCUT2D eigenvalue weighted by atomic mass is 9.76. The number of imidazole rings is 1. The molecule has 54 heavy (non-hydrogen) atoms. The molecule has 1 unspecified atom stereocenters. The number of hydrogen-bond donors (Lipinski definition) is 0. The zero-order chi connectivity index (χ0) is 38.0. The highest BCUT2D eigenvalue weighted by atomic mass is 19.2. The second-order valence-electron chi connectivity index (χ2n) is 14.2. The zero-order valence-electron chi connectivity index (χ0n) is 30.6. The Morgan fingerprint density at radius 2 is 1.54 bits per heavy atom. The molecular weight excluding hydrogens is 697 g/mol. The second kappa shape index (κ2) is 15.5. The van der Waals surface area contributed by atoms with Gasteiger partial charge < -0.3 is 28.6 Å². The molecule has 0 aliphatic carbocycles. The fraction of sp³-hybridized carbons (Fsp3) is 0.357. The molecular formula is C42H43F3N4O5. The smallest absolute Gasteiger partial charge is 0.254 e. The van der Waals surface area contributed by atoms with Crippen molar-refractivity contribution >= 4 is 22.7 Å². The van der Waals surface area contributed by atoms with Crippen LogP contribution in [0.4, 0.5) is 13.2 Å². The summed E-state index contributed by atoms with van der Waals surface area (Å²) in [5.74, 6) is -1.13. The van der Waals surface area contributed by atoms with E-state index >= 15 is 0 Å². The average Bonchev–Trinajstić information content (AvgIpc) is 3.81. The molecule has 0 radical (unpaired) electrons. The van der Waals surface area contributed by atoms with Crippen LogP contribution in [0.15, 0.2) is 78.9 Å². The standard InChI is InChI=1S/C42H43F3N4O5/c1-52-36-22-29(23-37(53-2)39(36)54-3)41(51)48-21-17-42(26-48,30-10-13-32(44)33(45)24-30)16-20-47-18-14-28(15-19-47)38(50)40-46-34-6-4-5-7-35(34)49(40)25-27-8-11-31(43)12-9-27/h4-13,22-24,28H,14-21,25-26H2,1-3H3. The summed E-state index contributed by atoms with van der Waals surface area (Å²) in [5, 5.41) is 0. The van der Waals surface area contributed by atoms with E-state index in [9.17, 15) is 22.8 Å². The summed E-state index contributed by atoms with van der Waals surface area (Å²) in [4.78, 5) is 36.8. The van der Waals surface area contributed by atoms with E-state index in [0.717, 1.165) is 22.7 Å². The zero-order valence-corrected chi connectivity index (χ0v) is 30.6. The van der Waals surface area contributed by atoms with E-state index in [1.165, 1.54) is 39.5 Å². The lowest BCUT2D eigenvalue weighted by Crippen LogP contribution is -2.41.